The molecule has 0 aliphatic rings. The van der Waals surface area contributed by atoms with Gasteiger partial charge in [-0.3, -0.25) is 4.79 Å². The maximum atomic E-state index is 12.7. The average Bonchev–Trinajstić information content (AvgIpc) is 2.55. The van der Waals surface area contributed by atoms with Gasteiger partial charge in [0, 0.05) is 29.1 Å². The van der Waals surface area contributed by atoms with Crippen LogP contribution >= 0.6 is 63.7 Å². The van der Waals surface area contributed by atoms with Crippen LogP contribution in [0.5, 0.6) is 0 Å². The van der Waals surface area contributed by atoms with Gasteiger partial charge in [-0.1, -0.05) is 19.1 Å². The van der Waals surface area contributed by atoms with Gasteiger partial charge in [0.15, 0.2) is 0 Å². The number of halogens is 4. The van der Waals surface area contributed by atoms with E-state index in [1.54, 1.807) is 6.07 Å². The predicted octanol–water partition coefficient (Wildman–Crippen LogP) is 4.91. The molecule has 0 bridgehead atoms. The molecule has 24 heavy (non-hydrogen) atoms. The smallest absolute Gasteiger partial charge is 0.257 e. The number of carbonyl (C=O) groups excluding carboxylic acids is 2. The third kappa shape index (κ3) is 3.92. The minimum Gasteiger partial charge on any atom is -0.545 e. The van der Waals surface area contributed by atoms with Crippen molar-refractivity contribution in [2.45, 2.75) is 13.3 Å². The summed E-state index contributed by atoms with van der Waals surface area (Å²) in [4.78, 5) is 24.2. The minimum atomic E-state index is -1.46. The largest absolute Gasteiger partial charge is 0.545 e. The van der Waals surface area contributed by atoms with Crippen LogP contribution < -0.4 is 10.4 Å². The molecular weight excluding hydrogens is 574 g/mol. The first-order valence-electron chi connectivity index (χ1n) is 6.75. The highest BCUT2D eigenvalue weighted by Crippen LogP contribution is 2.42. The van der Waals surface area contributed by atoms with E-state index >= 15 is 0 Å². The lowest BCUT2D eigenvalue weighted by Gasteiger charge is -2.18. The monoisotopic (exact) mass is 580 g/mol. The van der Waals surface area contributed by atoms with Crippen molar-refractivity contribution in [2.75, 3.05) is 5.32 Å². The summed E-state index contributed by atoms with van der Waals surface area (Å²) in [7, 11) is 0. The lowest BCUT2D eigenvalue weighted by atomic mass is 10.1. The zero-order valence-corrected chi connectivity index (χ0v) is 18.6. The van der Waals surface area contributed by atoms with Crippen LogP contribution in [0.2, 0.25) is 0 Å². The van der Waals surface area contributed by atoms with Gasteiger partial charge in [-0.15, -0.1) is 0 Å². The molecule has 0 saturated carbocycles. The van der Waals surface area contributed by atoms with Gasteiger partial charge < -0.3 is 15.2 Å². The normalized spacial score (nSPS) is 10.5. The van der Waals surface area contributed by atoms with Crippen LogP contribution in [-0.4, -0.2) is 11.9 Å². The fraction of sp³-hybridized carbons (Fsp3) is 0.125. The van der Waals surface area contributed by atoms with Gasteiger partial charge in [-0.25, -0.2) is 0 Å². The molecule has 1 amide bonds. The van der Waals surface area contributed by atoms with E-state index in [2.05, 4.69) is 69.0 Å². The Bertz CT molecular complexity index is 837. The molecule has 0 radical (unpaired) electrons. The van der Waals surface area contributed by atoms with Crippen molar-refractivity contribution in [1.29, 1.82) is 0 Å². The number of amides is 1. The second-order valence-electron chi connectivity index (χ2n) is 4.80. The molecule has 126 valence electrons. The molecule has 0 aromatic heterocycles. The quantitative estimate of drug-likeness (QED) is 0.411. The molecule has 1 N–H and O–H groups in total. The number of carboxylic acid groups (broad SMARTS) is 1. The van der Waals surface area contributed by atoms with Crippen molar-refractivity contribution >= 4 is 81.3 Å². The summed E-state index contributed by atoms with van der Waals surface area (Å²) in [6.45, 7) is 2.01. The highest BCUT2D eigenvalue weighted by molar-refractivity contribution is 9.15. The number of rotatable bonds is 4. The Kier molecular flexibility index (Phi) is 6.64. The Balaban J connectivity index is 2.54. The maximum Gasteiger partial charge on any atom is 0.257 e. The lowest BCUT2D eigenvalue weighted by molar-refractivity contribution is -0.255. The van der Waals surface area contributed by atoms with Crippen LogP contribution in [0.4, 0.5) is 5.69 Å². The van der Waals surface area contributed by atoms with Gasteiger partial charge in [0.25, 0.3) is 5.91 Å². The maximum absolute atomic E-state index is 12.7. The Morgan fingerprint density at radius 3 is 2.12 bits per heavy atom. The molecule has 0 fully saturated rings. The Hall–Kier alpha value is -0.700. The topological polar surface area (TPSA) is 69.2 Å². The van der Waals surface area contributed by atoms with Gasteiger partial charge in [-0.05, 0) is 87.8 Å². The van der Waals surface area contributed by atoms with E-state index in [-0.39, 0.29) is 15.6 Å². The zero-order valence-electron chi connectivity index (χ0n) is 12.3. The van der Waals surface area contributed by atoms with Crippen molar-refractivity contribution in [3.8, 4) is 0 Å². The Morgan fingerprint density at radius 1 is 1.00 bits per heavy atom. The molecule has 0 atom stereocenters. The molecule has 2 rings (SSSR count). The lowest BCUT2D eigenvalue weighted by Crippen LogP contribution is -2.28. The van der Waals surface area contributed by atoms with E-state index < -0.39 is 11.9 Å². The number of nitrogens with one attached hydrogen (secondary N) is 1. The highest BCUT2D eigenvalue weighted by Gasteiger charge is 2.24. The number of hydrogen-bond donors (Lipinski definition) is 1. The molecule has 2 aromatic rings. The van der Waals surface area contributed by atoms with Crippen LogP contribution in [0.1, 0.15) is 33.2 Å². The van der Waals surface area contributed by atoms with Gasteiger partial charge in [0.1, 0.15) is 0 Å². The third-order valence-electron chi connectivity index (χ3n) is 3.29. The molecule has 0 unspecified atom stereocenters. The van der Waals surface area contributed by atoms with E-state index in [0.717, 1.165) is 12.0 Å². The van der Waals surface area contributed by atoms with E-state index in [1.165, 1.54) is 0 Å². The van der Waals surface area contributed by atoms with Gasteiger partial charge in [0.2, 0.25) is 0 Å². The summed E-state index contributed by atoms with van der Waals surface area (Å²) in [5.41, 5.74) is 1.39. The summed E-state index contributed by atoms with van der Waals surface area (Å²) in [5.74, 6) is -2.01. The number of aryl methyl sites for hydroxylation is 1. The van der Waals surface area contributed by atoms with Crippen molar-refractivity contribution < 1.29 is 14.7 Å². The van der Waals surface area contributed by atoms with Gasteiger partial charge in [-0.2, -0.15) is 0 Å². The SMILES string of the molecule is CCc1cccc(NC(=O)c2c(Br)c(Br)c(Br)c(Br)c2C(=O)[O-])c1. The fourth-order valence-corrected chi connectivity index (χ4v) is 4.56. The van der Waals surface area contributed by atoms with Crippen LogP contribution in [0, 0.1) is 0 Å². The second-order valence-corrected chi connectivity index (χ2v) is 7.97. The first kappa shape index (κ1) is 19.6. The molecule has 0 aliphatic heterocycles. The van der Waals surface area contributed by atoms with Gasteiger partial charge in [0.05, 0.1) is 11.5 Å². The molecule has 8 heteroatoms. The summed E-state index contributed by atoms with van der Waals surface area (Å²) in [5, 5.41) is 14.3. The first-order chi connectivity index (χ1) is 11.3. The second kappa shape index (κ2) is 8.12. The molecule has 0 spiro atoms. The fourth-order valence-electron chi connectivity index (χ4n) is 2.10. The van der Waals surface area contributed by atoms with E-state index in [1.807, 2.05) is 25.1 Å². The average molecular weight is 584 g/mol. The van der Waals surface area contributed by atoms with E-state index in [9.17, 15) is 14.7 Å². The minimum absolute atomic E-state index is 0.0288. The number of benzene rings is 2. The summed E-state index contributed by atoms with van der Waals surface area (Å²) < 4.78 is 1.54. The summed E-state index contributed by atoms with van der Waals surface area (Å²) in [6, 6.07) is 7.36. The van der Waals surface area contributed by atoms with Crippen LogP contribution in [0.3, 0.4) is 0 Å². The number of hydrogen-bond acceptors (Lipinski definition) is 3. The Morgan fingerprint density at radius 2 is 1.58 bits per heavy atom. The zero-order chi connectivity index (χ0) is 18.0. The van der Waals surface area contributed by atoms with Crippen molar-refractivity contribution in [3.63, 3.8) is 0 Å². The molecule has 2 aromatic carbocycles. The van der Waals surface area contributed by atoms with Crippen molar-refractivity contribution in [1.82, 2.24) is 0 Å². The number of aromatic carboxylic acids is 1. The number of carbonyl (C=O) groups is 2. The van der Waals surface area contributed by atoms with Crippen LogP contribution in [-0.2, 0) is 6.42 Å². The molecule has 0 heterocycles. The summed E-state index contributed by atoms with van der Waals surface area (Å²) in [6.07, 6.45) is 0.826. The molecule has 4 nitrogen and oxygen atoms in total. The predicted molar refractivity (Wildman–Crippen MR) is 105 cm³/mol. The van der Waals surface area contributed by atoms with Crippen molar-refractivity contribution in [2.24, 2.45) is 0 Å². The summed E-state index contributed by atoms with van der Waals surface area (Å²) >= 11 is 13.1. The third-order valence-corrected chi connectivity index (χ3v) is 8.06. The van der Waals surface area contributed by atoms with E-state index in [0.29, 0.717) is 19.1 Å². The number of carboxylic acids is 1. The van der Waals surface area contributed by atoms with E-state index in [4.69, 9.17) is 0 Å². The first-order valence-corrected chi connectivity index (χ1v) is 9.92. The molecule has 0 saturated heterocycles. The standard InChI is InChI=1S/C16H11Br4NO3/c1-2-7-4-3-5-8(6-7)21-15(22)9-10(16(23)24)12(18)14(20)13(19)11(9)17/h3-6H,2H2,1H3,(H,21,22)(H,23,24)/p-1. The number of anilines is 1. The van der Waals surface area contributed by atoms with Crippen molar-refractivity contribution in [3.05, 3.63) is 58.8 Å². The van der Waals surface area contributed by atoms with Crippen LogP contribution in [0.25, 0.3) is 0 Å². The molecular formula is C16H10Br4NO3-. The van der Waals surface area contributed by atoms with Gasteiger partial charge >= 0.3 is 0 Å². The van der Waals surface area contributed by atoms with Crippen LogP contribution in [0.15, 0.2) is 42.2 Å². The molecule has 0 aliphatic carbocycles. The Labute approximate surface area is 172 Å². The highest BCUT2D eigenvalue weighted by atomic mass is 79.9.